The average Bonchev–Trinajstić information content (AvgIpc) is 3.37. The lowest BCUT2D eigenvalue weighted by molar-refractivity contribution is 0.0562. The molecule has 1 amide bonds. The fourth-order valence-corrected chi connectivity index (χ4v) is 4.31. The molecule has 4 aromatic rings. The molecule has 2 aromatic carbocycles. The average molecular weight is 436 g/mol. The van der Waals surface area contributed by atoms with E-state index in [-0.39, 0.29) is 23.1 Å². The molecule has 8 heteroatoms. The summed E-state index contributed by atoms with van der Waals surface area (Å²) in [6, 6.07) is 17.0. The number of nitrogens with zero attached hydrogens (tertiary/aromatic N) is 1. The molecular weight excluding hydrogens is 416 g/mol. The number of ether oxygens (including phenoxy) is 1. The molecule has 158 valence electrons. The van der Waals surface area contributed by atoms with E-state index in [0.717, 1.165) is 27.7 Å². The number of benzene rings is 2. The predicted molar refractivity (Wildman–Crippen MR) is 118 cm³/mol. The zero-order chi connectivity index (χ0) is 22.0. The number of carbonyl (C=O) groups is 2. The van der Waals surface area contributed by atoms with Crippen molar-refractivity contribution >= 4 is 34.0 Å². The molecule has 4 rings (SSSR count). The first-order chi connectivity index (χ1) is 15.0. The van der Waals surface area contributed by atoms with Crippen LogP contribution in [0.2, 0.25) is 0 Å². The third kappa shape index (κ3) is 4.15. The topological polar surface area (TPSA) is 90.5 Å². The van der Waals surface area contributed by atoms with Gasteiger partial charge < -0.3 is 14.5 Å². The minimum Gasteiger partial charge on any atom is -0.463 e. The Labute approximate surface area is 181 Å². The van der Waals surface area contributed by atoms with Crippen LogP contribution in [-0.4, -0.2) is 23.6 Å². The van der Waals surface area contributed by atoms with Gasteiger partial charge in [-0.15, -0.1) is 0 Å². The maximum Gasteiger partial charge on any atom is 0.373 e. The van der Waals surface area contributed by atoms with Gasteiger partial charge in [-0.2, -0.15) is 0 Å². The quantitative estimate of drug-likeness (QED) is 0.465. The highest BCUT2D eigenvalue weighted by molar-refractivity contribution is 7.11. The van der Waals surface area contributed by atoms with Crippen LogP contribution < -0.4 is 10.2 Å². The Hall–Kier alpha value is -3.65. The number of hydrogen-bond acceptors (Lipinski definition) is 6. The number of rotatable bonds is 6. The molecular formula is C23H20N2O5S. The maximum absolute atomic E-state index is 12.8. The number of furan rings is 1. The van der Waals surface area contributed by atoms with Crippen molar-refractivity contribution in [1.82, 2.24) is 9.88 Å². The lowest BCUT2D eigenvalue weighted by Gasteiger charge is -2.08. The summed E-state index contributed by atoms with van der Waals surface area (Å²) in [4.78, 5) is 36.9. The van der Waals surface area contributed by atoms with E-state index in [1.807, 2.05) is 42.5 Å². The van der Waals surface area contributed by atoms with Crippen LogP contribution in [0, 0.1) is 6.92 Å². The van der Waals surface area contributed by atoms with Crippen LogP contribution in [0.5, 0.6) is 0 Å². The molecule has 0 saturated carbocycles. The van der Waals surface area contributed by atoms with Crippen molar-refractivity contribution in [1.29, 1.82) is 0 Å². The minimum absolute atomic E-state index is 0.0616. The Morgan fingerprint density at radius 1 is 1.10 bits per heavy atom. The zero-order valence-electron chi connectivity index (χ0n) is 17.0. The normalized spacial score (nSPS) is 10.9. The van der Waals surface area contributed by atoms with E-state index in [0.29, 0.717) is 22.9 Å². The number of thiazole rings is 1. The minimum atomic E-state index is -0.589. The van der Waals surface area contributed by atoms with Crippen molar-refractivity contribution in [2.45, 2.75) is 20.0 Å². The molecule has 7 nitrogen and oxygen atoms in total. The number of hydrogen-bond donors (Lipinski definition) is 1. The number of fused-ring (bicyclic) bond motifs is 1. The van der Waals surface area contributed by atoms with Gasteiger partial charge in [0.2, 0.25) is 5.76 Å². The predicted octanol–water partition coefficient (Wildman–Crippen LogP) is 3.73. The van der Waals surface area contributed by atoms with Crippen LogP contribution in [0.1, 0.15) is 37.2 Å². The molecule has 0 aliphatic heterocycles. The van der Waals surface area contributed by atoms with Crippen molar-refractivity contribution in [3.63, 3.8) is 0 Å². The van der Waals surface area contributed by atoms with Crippen LogP contribution in [0.25, 0.3) is 10.8 Å². The molecule has 31 heavy (non-hydrogen) atoms. The maximum atomic E-state index is 12.8. The highest BCUT2D eigenvalue weighted by Crippen LogP contribution is 2.19. The van der Waals surface area contributed by atoms with E-state index >= 15 is 0 Å². The van der Waals surface area contributed by atoms with Crippen molar-refractivity contribution in [2.24, 2.45) is 0 Å². The Kier molecular flexibility index (Phi) is 5.73. The van der Waals surface area contributed by atoms with Gasteiger partial charge in [-0.05, 0) is 35.4 Å². The lowest BCUT2D eigenvalue weighted by atomic mass is 10.0. The summed E-state index contributed by atoms with van der Waals surface area (Å²) in [5, 5.41) is 5.09. The Morgan fingerprint density at radius 3 is 2.68 bits per heavy atom. The van der Waals surface area contributed by atoms with Crippen LogP contribution >= 0.6 is 11.3 Å². The second-order valence-electron chi connectivity index (χ2n) is 6.95. The molecule has 0 fully saturated rings. The lowest BCUT2D eigenvalue weighted by Crippen LogP contribution is -2.23. The molecule has 0 saturated heterocycles. The Balaban J connectivity index is 1.51. The first-order valence-corrected chi connectivity index (χ1v) is 10.4. The number of aromatic nitrogens is 1. The Bertz CT molecular complexity index is 1330. The molecule has 2 aromatic heterocycles. The van der Waals surface area contributed by atoms with Crippen LogP contribution in [0.3, 0.4) is 0 Å². The van der Waals surface area contributed by atoms with E-state index in [1.165, 1.54) is 17.7 Å². The van der Waals surface area contributed by atoms with E-state index < -0.39 is 5.97 Å². The molecule has 0 atom stereocenters. The summed E-state index contributed by atoms with van der Waals surface area (Å²) in [7, 11) is 1.27. The van der Waals surface area contributed by atoms with Crippen molar-refractivity contribution in [3.05, 3.63) is 91.9 Å². The number of esters is 1. The van der Waals surface area contributed by atoms with Crippen LogP contribution in [-0.2, 0) is 17.8 Å². The van der Waals surface area contributed by atoms with Gasteiger partial charge >= 0.3 is 10.8 Å². The van der Waals surface area contributed by atoms with Crippen LogP contribution in [0.15, 0.2) is 63.8 Å². The monoisotopic (exact) mass is 436 g/mol. The third-order valence-corrected chi connectivity index (χ3v) is 6.11. The van der Waals surface area contributed by atoms with Gasteiger partial charge in [0, 0.05) is 12.2 Å². The molecule has 0 spiro atoms. The number of carbonyl (C=O) groups excluding carboxylic acids is 2. The molecule has 0 radical (unpaired) electrons. The van der Waals surface area contributed by atoms with Crippen molar-refractivity contribution < 1.29 is 18.7 Å². The summed E-state index contributed by atoms with van der Waals surface area (Å²) in [6.45, 7) is 2.19. The molecule has 0 aliphatic rings. The summed E-state index contributed by atoms with van der Waals surface area (Å²) in [5.74, 6) is -0.410. The van der Waals surface area contributed by atoms with E-state index in [9.17, 15) is 14.4 Å². The Morgan fingerprint density at radius 2 is 1.87 bits per heavy atom. The third-order valence-electron chi connectivity index (χ3n) is 5.03. The smallest absolute Gasteiger partial charge is 0.373 e. The number of amides is 1. The molecule has 0 aliphatic carbocycles. The van der Waals surface area contributed by atoms with E-state index in [4.69, 9.17) is 4.42 Å². The fraction of sp³-hybridized carbons (Fsp3) is 0.174. The molecule has 0 bridgehead atoms. The van der Waals surface area contributed by atoms with E-state index in [1.54, 1.807) is 13.0 Å². The largest absolute Gasteiger partial charge is 0.463 e. The summed E-state index contributed by atoms with van der Waals surface area (Å²) >= 11 is 0.887. The molecule has 1 N–H and O–H groups in total. The van der Waals surface area contributed by atoms with Gasteiger partial charge in [0.25, 0.3) is 5.91 Å². The SMILES string of the molecule is COC(=O)c1ccc(Cn2c(C)c(C(=O)NCc3cccc4ccccc34)sc2=O)o1. The summed E-state index contributed by atoms with van der Waals surface area (Å²) < 4.78 is 11.5. The van der Waals surface area contributed by atoms with Gasteiger partial charge in [-0.3, -0.25) is 14.2 Å². The molecule has 2 heterocycles. The standard InChI is InChI=1S/C23H20N2O5S/c1-14-20(21(26)24-12-16-8-5-7-15-6-3-4-9-18(15)16)31-23(28)25(14)13-17-10-11-19(30-17)22(27)29-2/h3-11H,12-13H2,1-2H3,(H,24,26). The zero-order valence-corrected chi connectivity index (χ0v) is 17.8. The van der Waals surface area contributed by atoms with Gasteiger partial charge in [0.05, 0.1) is 13.7 Å². The summed E-state index contributed by atoms with van der Waals surface area (Å²) in [5.41, 5.74) is 1.54. The van der Waals surface area contributed by atoms with Gasteiger partial charge in [-0.25, -0.2) is 4.79 Å². The highest BCUT2D eigenvalue weighted by atomic mass is 32.1. The van der Waals surface area contributed by atoms with Gasteiger partial charge in [0.1, 0.15) is 10.6 Å². The van der Waals surface area contributed by atoms with Gasteiger partial charge in [0.15, 0.2) is 0 Å². The van der Waals surface area contributed by atoms with Crippen LogP contribution in [0.4, 0.5) is 0 Å². The summed E-state index contributed by atoms with van der Waals surface area (Å²) in [6.07, 6.45) is 0. The van der Waals surface area contributed by atoms with Crippen molar-refractivity contribution in [3.8, 4) is 0 Å². The number of methoxy groups -OCH3 is 1. The second kappa shape index (κ2) is 8.61. The van der Waals surface area contributed by atoms with Gasteiger partial charge in [-0.1, -0.05) is 53.8 Å². The first kappa shape index (κ1) is 20.6. The first-order valence-electron chi connectivity index (χ1n) is 9.60. The highest BCUT2D eigenvalue weighted by Gasteiger charge is 2.19. The van der Waals surface area contributed by atoms with E-state index in [2.05, 4.69) is 10.1 Å². The fourth-order valence-electron chi connectivity index (χ4n) is 3.40. The molecule has 0 unspecified atom stereocenters. The van der Waals surface area contributed by atoms with Crippen molar-refractivity contribution in [2.75, 3.05) is 7.11 Å². The number of nitrogens with one attached hydrogen (secondary N) is 1. The second-order valence-corrected chi connectivity index (χ2v) is 7.91.